The Morgan fingerprint density at radius 2 is 1.16 bits per heavy atom. The van der Waals surface area contributed by atoms with Crippen molar-refractivity contribution in [2.45, 2.75) is 5.16 Å². The number of hydrogen-bond acceptors (Lipinski definition) is 8. The van der Waals surface area contributed by atoms with Crippen LogP contribution in [-0.4, -0.2) is 59.6 Å². The van der Waals surface area contributed by atoms with Gasteiger partial charge in [0, 0.05) is 33.4 Å². The van der Waals surface area contributed by atoms with Crippen LogP contribution in [0.15, 0.2) is 78.0 Å². The van der Waals surface area contributed by atoms with Crippen molar-refractivity contribution in [1.29, 1.82) is 0 Å². The second-order valence-electron chi connectivity index (χ2n) is 10.2. The Kier molecular flexibility index (Phi) is 12.7. The fourth-order valence-electron chi connectivity index (χ4n) is 5.50. The number of carbonyl (C=O) groups excluding carboxylic acids is 4. The first-order chi connectivity index (χ1) is 22.8. The number of ketones is 4. The van der Waals surface area contributed by atoms with Gasteiger partial charge in [-0.3, -0.25) is 19.2 Å². The maximum absolute atomic E-state index is 12.8. The minimum atomic E-state index is -0.166. The average molecular weight is 774 g/mol. The molecule has 8 rings (SSSR count). The van der Waals surface area contributed by atoms with Crippen molar-refractivity contribution in [3.8, 4) is 24.7 Å². The van der Waals surface area contributed by atoms with Crippen LogP contribution in [-0.2, 0) is 0 Å². The second-order valence-corrected chi connectivity index (χ2v) is 12.1. The molecule has 0 atom stereocenters. The molecule has 0 bridgehead atoms. The number of imidazole rings is 2. The molecule has 2 aliphatic carbocycles. The van der Waals surface area contributed by atoms with E-state index in [2.05, 4.69) is 47.7 Å². The van der Waals surface area contributed by atoms with Gasteiger partial charge in [0.15, 0.2) is 33.1 Å². The normalized spacial score (nSPS) is 11.9. The molecule has 2 heterocycles. The van der Waals surface area contributed by atoms with Gasteiger partial charge in [0.05, 0.1) is 38.8 Å². The summed E-state index contributed by atoms with van der Waals surface area (Å²) < 4.78 is 0.438. The minimum absolute atomic E-state index is 0. The molecular formula is C36H22BrKN4O5S2. The van der Waals surface area contributed by atoms with E-state index < -0.39 is 0 Å². The summed E-state index contributed by atoms with van der Waals surface area (Å²) in [6.45, 7) is 0. The third kappa shape index (κ3) is 7.14. The van der Waals surface area contributed by atoms with E-state index in [0.717, 1.165) is 11.0 Å². The molecule has 0 unspecified atom stereocenters. The Balaban J connectivity index is 0.000000193. The zero-order chi connectivity index (χ0) is 33.2. The Hall–Kier alpha value is -3.73. The van der Waals surface area contributed by atoms with E-state index in [9.17, 15) is 19.2 Å². The molecule has 2 aliphatic rings. The zero-order valence-electron chi connectivity index (χ0n) is 25.7. The molecule has 2 aromatic heterocycles. The van der Waals surface area contributed by atoms with Gasteiger partial charge in [-0.05, 0) is 36.5 Å². The van der Waals surface area contributed by atoms with E-state index in [1.807, 2.05) is 0 Å². The number of H-pyrrole nitrogens is 3. The standard InChI is InChI=1S/C18H10N2O2S.C15H8N2O2S.C3H3Br.K.H2O/c1-2-9-23-18-19-13-8-7-12-14(15(13)20-18)17(22)11-6-4-3-5-10(11)16(12)21;18-13-7-3-1-2-4-8(7)14(19)11-9(13)5-6-10-12(11)17-15(20)16-10;1-2-3-4;;/h1,3-8H,9H2,(H,19,20);1-6H,(H2,16,17,20);1H,3H2;;1H2/q;;;+1;/p-1. The predicted molar refractivity (Wildman–Crippen MR) is 190 cm³/mol. The first-order valence-corrected chi connectivity index (χ1v) is 16.5. The summed E-state index contributed by atoms with van der Waals surface area (Å²) in [6, 6.07) is 20.7. The fourth-order valence-corrected chi connectivity index (χ4v) is 6.27. The summed E-state index contributed by atoms with van der Waals surface area (Å²) in [7, 11) is 0. The van der Waals surface area contributed by atoms with Crippen LogP contribution in [0.2, 0.25) is 0 Å². The molecule has 0 spiro atoms. The molecule has 6 aromatic rings. The van der Waals surface area contributed by atoms with Crippen LogP contribution in [0.4, 0.5) is 0 Å². The third-order valence-corrected chi connectivity index (χ3v) is 8.78. The number of hydrogen-bond donors (Lipinski definition) is 3. The van der Waals surface area contributed by atoms with Gasteiger partial charge in [-0.15, -0.1) is 12.8 Å². The van der Waals surface area contributed by atoms with E-state index in [-0.39, 0.29) is 80.0 Å². The molecule has 0 fully saturated rings. The van der Waals surface area contributed by atoms with E-state index in [4.69, 9.17) is 25.1 Å². The monoisotopic (exact) mass is 772 g/mol. The van der Waals surface area contributed by atoms with Crippen LogP contribution >= 0.6 is 39.9 Å². The number of terminal acetylenes is 2. The fraction of sp³-hybridized carbons (Fsp3) is 0.0556. The second kappa shape index (κ2) is 16.3. The number of nitrogens with one attached hydrogen (secondary N) is 3. The van der Waals surface area contributed by atoms with E-state index in [1.54, 1.807) is 72.8 Å². The van der Waals surface area contributed by atoms with Gasteiger partial charge in [0.1, 0.15) is 5.52 Å². The van der Waals surface area contributed by atoms with Crippen molar-refractivity contribution in [3.63, 3.8) is 0 Å². The van der Waals surface area contributed by atoms with Crippen molar-refractivity contribution >= 4 is 85.1 Å². The molecular weight excluding hydrogens is 752 g/mol. The molecule has 0 saturated carbocycles. The number of benzene rings is 4. The molecule has 13 heteroatoms. The number of alkyl halides is 1. The Bertz CT molecular complexity index is 2450. The van der Waals surface area contributed by atoms with E-state index in [0.29, 0.717) is 76.6 Å². The Labute approximate surface area is 340 Å². The van der Waals surface area contributed by atoms with E-state index in [1.165, 1.54) is 11.8 Å². The number of thioether (sulfide) groups is 1. The van der Waals surface area contributed by atoms with Gasteiger partial charge in [-0.25, -0.2) is 4.98 Å². The molecule has 0 amide bonds. The summed E-state index contributed by atoms with van der Waals surface area (Å²) in [5.74, 6) is 4.78. The van der Waals surface area contributed by atoms with Crippen LogP contribution in [0.25, 0.3) is 22.1 Å². The maximum Gasteiger partial charge on any atom is 1.00 e. The topological polar surface area (TPSA) is 159 Å². The molecule has 4 aromatic carbocycles. The number of rotatable bonds is 2. The van der Waals surface area contributed by atoms with Crippen molar-refractivity contribution in [1.82, 2.24) is 19.9 Å². The molecule has 4 N–H and O–H groups in total. The van der Waals surface area contributed by atoms with E-state index >= 15 is 0 Å². The molecule has 0 saturated heterocycles. The van der Waals surface area contributed by atoms with Crippen molar-refractivity contribution in [3.05, 3.63) is 122 Å². The zero-order valence-corrected chi connectivity index (χ0v) is 32.1. The number of carbonyl (C=O) groups is 4. The molecule has 49 heavy (non-hydrogen) atoms. The summed E-state index contributed by atoms with van der Waals surface area (Å²) in [5, 5.41) is 1.30. The van der Waals surface area contributed by atoms with Gasteiger partial charge in [-0.2, -0.15) is 0 Å². The van der Waals surface area contributed by atoms with Crippen molar-refractivity contribution < 1.29 is 76.0 Å². The molecule has 0 radical (unpaired) electrons. The summed E-state index contributed by atoms with van der Waals surface area (Å²) in [6.07, 6.45) is 9.99. The van der Waals surface area contributed by atoms with Gasteiger partial charge in [-0.1, -0.05) is 88.1 Å². The average Bonchev–Trinajstić information content (AvgIpc) is 3.70. The quantitative estimate of drug-likeness (QED) is 0.0785. The maximum atomic E-state index is 12.8. The van der Waals surface area contributed by atoms with Crippen molar-refractivity contribution in [2.75, 3.05) is 11.1 Å². The first-order valence-electron chi connectivity index (χ1n) is 14.0. The molecule has 9 nitrogen and oxygen atoms in total. The number of nitrogens with zero attached hydrogens (tertiary/aromatic N) is 1. The third-order valence-electron chi connectivity index (χ3n) is 7.47. The van der Waals surface area contributed by atoms with Gasteiger partial charge in [0.2, 0.25) is 0 Å². The summed E-state index contributed by atoms with van der Waals surface area (Å²) in [5.41, 5.74) is 5.95. The van der Waals surface area contributed by atoms with Crippen LogP contribution in [0.5, 0.6) is 0 Å². The first kappa shape index (κ1) is 38.1. The number of fused-ring (bicyclic) bond motifs is 8. The summed E-state index contributed by atoms with van der Waals surface area (Å²) in [4.78, 5) is 64.2. The van der Waals surface area contributed by atoms with Crippen LogP contribution in [0.1, 0.15) is 63.7 Å². The van der Waals surface area contributed by atoms with Gasteiger partial charge < -0.3 is 20.4 Å². The number of halogens is 1. The van der Waals surface area contributed by atoms with Gasteiger partial charge in [0.25, 0.3) is 0 Å². The van der Waals surface area contributed by atoms with Crippen LogP contribution in [0.3, 0.4) is 0 Å². The minimum Gasteiger partial charge on any atom is -0.870 e. The van der Waals surface area contributed by atoms with Crippen LogP contribution < -0.4 is 51.4 Å². The number of aromatic amines is 3. The van der Waals surface area contributed by atoms with Crippen LogP contribution in [0, 0.1) is 29.5 Å². The predicted octanol–water partition coefficient (Wildman–Crippen LogP) is 3.91. The Morgan fingerprint density at radius 1 is 0.673 bits per heavy atom. The largest absolute Gasteiger partial charge is 1.00 e. The van der Waals surface area contributed by atoms with Gasteiger partial charge >= 0.3 is 51.4 Å². The summed E-state index contributed by atoms with van der Waals surface area (Å²) >= 11 is 9.45. The smallest absolute Gasteiger partial charge is 0.870 e. The number of aromatic nitrogens is 4. The molecule has 236 valence electrons. The SMILES string of the molecule is C#CCBr.C#CCSc1nc2c3c(ccc2[nH]1)C(=O)c1ccccc1C3=O.O=C1c2ccccc2C(=O)c2c1ccc1[nH]c(=S)[nH]c21.[K+].[OH-]. The Morgan fingerprint density at radius 3 is 1.69 bits per heavy atom. The van der Waals surface area contributed by atoms with Crippen molar-refractivity contribution in [2.24, 2.45) is 0 Å². The molecule has 0 aliphatic heterocycles.